The van der Waals surface area contributed by atoms with Crippen LogP contribution in [-0.2, 0) is 0 Å². The van der Waals surface area contributed by atoms with Crippen molar-refractivity contribution in [3.63, 3.8) is 0 Å². The summed E-state index contributed by atoms with van der Waals surface area (Å²) in [6.07, 6.45) is 12.0. The first kappa shape index (κ1) is 8.27. The maximum Gasteiger partial charge on any atom is 0.114 e. The zero-order valence-corrected chi connectivity index (χ0v) is 7.69. The molecule has 11 heavy (non-hydrogen) atoms. The Morgan fingerprint density at radius 3 is 3.09 bits per heavy atom. The Bertz CT molecular complexity index is 251. The molecule has 0 fully saturated rings. The van der Waals surface area contributed by atoms with Crippen LogP contribution in [0.3, 0.4) is 0 Å². The standard InChI is InChI=1S/C8H8N2.BrH/c1-2-4-8-6-9-7-10(8)5-3-1;/h1-6H,7H2;1H. The van der Waals surface area contributed by atoms with Crippen LogP contribution in [0.1, 0.15) is 0 Å². The first-order valence-corrected chi connectivity index (χ1v) is 3.28. The number of allylic oxidation sites excluding steroid dienone is 5. The highest BCUT2D eigenvalue weighted by Gasteiger charge is 2.08. The number of aliphatic imine (C=N–C) groups is 1. The summed E-state index contributed by atoms with van der Waals surface area (Å²) in [6.45, 7) is 0.768. The van der Waals surface area contributed by atoms with E-state index in [4.69, 9.17) is 0 Å². The van der Waals surface area contributed by atoms with Gasteiger partial charge in [0.15, 0.2) is 0 Å². The number of hydrogen-bond acceptors (Lipinski definition) is 2. The van der Waals surface area contributed by atoms with Crippen LogP contribution in [-0.4, -0.2) is 17.8 Å². The summed E-state index contributed by atoms with van der Waals surface area (Å²) in [5, 5.41) is 0. The molecule has 0 unspecified atom stereocenters. The molecule has 3 heteroatoms. The summed E-state index contributed by atoms with van der Waals surface area (Å²) in [4.78, 5) is 6.21. The Kier molecular flexibility index (Phi) is 2.65. The third kappa shape index (κ3) is 1.60. The van der Waals surface area contributed by atoms with Crippen LogP contribution in [0.15, 0.2) is 41.2 Å². The van der Waals surface area contributed by atoms with Gasteiger partial charge in [-0.15, -0.1) is 17.0 Å². The van der Waals surface area contributed by atoms with Crippen LogP contribution in [0.5, 0.6) is 0 Å². The van der Waals surface area contributed by atoms with E-state index >= 15 is 0 Å². The predicted molar refractivity (Wildman–Crippen MR) is 51.9 cm³/mol. The molecule has 2 nitrogen and oxygen atoms in total. The quantitative estimate of drug-likeness (QED) is 0.599. The second-order valence-electron chi connectivity index (χ2n) is 2.24. The summed E-state index contributed by atoms with van der Waals surface area (Å²) in [5.41, 5.74) is 1.17. The zero-order valence-electron chi connectivity index (χ0n) is 5.97. The van der Waals surface area contributed by atoms with E-state index in [1.165, 1.54) is 5.70 Å². The minimum Gasteiger partial charge on any atom is -0.327 e. The lowest BCUT2D eigenvalue weighted by molar-refractivity contribution is 0.531. The van der Waals surface area contributed by atoms with Gasteiger partial charge in [0.05, 0.1) is 5.70 Å². The van der Waals surface area contributed by atoms with Gasteiger partial charge in [0.25, 0.3) is 0 Å². The summed E-state index contributed by atoms with van der Waals surface area (Å²) in [6, 6.07) is 0. The normalized spacial score (nSPS) is 18.9. The van der Waals surface area contributed by atoms with Crippen molar-refractivity contribution in [3.05, 3.63) is 36.2 Å². The van der Waals surface area contributed by atoms with Crippen molar-refractivity contribution in [1.29, 1.82) is 0 Å². The second kappa shape index (κ2) is 3.53. The summed E-state index contributed by atoms with van der Waals surface area (Å²) >= 11 is 0. The molecule has 2 rings (SSSR count). The molecule has 0 N–H and O–H groups in total. The highest BCUT2D eigenvalue weighted by molar-refractivity contribution is 8.93. The van der Waals surface area contributed by atoms with Crippen molar-refractivity contribution in [1.82, 2.24) is 4.90 Å². The molecule has 0 aromatic carbocycles. The van der Waals surface area contributed by atoms with E-state index in [1.54, 1.807) is 0 Å². The lowest BCUT2D eigenvalue weighted by Crippen LogP contribution is -2.09. The molecule has 2 heterocycles. The predicted octanol–water partition coefficient (Wildman–Crippen LogP) is 1.88. The average Bonchev–Trinajstić information content (AvgIpc) is 2.28. The van der Waals surface area contributed by atoms with Gasteiger partial charge >= 0.3 is 0 Å². The SMILES string of the molecule is Br.C1=CC=C2C=NCN2C=C1. The maximum absolute atomic E-state index is 4.12. The molecule has 0 aromatic heterocycles. The van der Waals surface area contributed by atoms with Gasteiger partial charge in [-0.25, -0.2) is 0 Å². The fourth-order valence-electron chi connectivity index (χ4n) is 1.02. The molecule has 2 aliphatic rings. The molecule has 0 saturated carbocycles. The van der Waals surface area contributed by atoms with Gasteiger partial charge in [0, 0.05) is 12.4 Å². The number of nitrogens with zero attached hydrogens (tertiary/aromatic N) is 2. The van der Waals surface area contributed by atoms with Gasteiger partial charge in [0.2, 0.25) is 0 Å². The second-order valence-corrected chi connectivity index (χ2v) is 2.24. The van der Waals surface area contributed by atoms with E-state index in [-0.39, 0.29) is 17.0 Å². The average molecular weight is 213 g/mol. The van der Waals surface area contributed by atoms with Crippen molar-refractivity contribution in [3.8, 4) is 0 Å². The fourth-order valence-corrected chi connectivity index (χ4v) is 1.02. The highest BCUT2D eigenvalue weighted by Crippen LogP contribution is 2.11. The fraction of sp³-hybridized carbons (Fsp3) is 0.125. The van der Waals surface area contributed by atoms with E-state index in [0.29, 0.717) is 0 Å². The van der Waals surface area contributed by atoms with Gasteiger partial charge in [-0.05, 0) is 12.2 Å². The molecule has 0 bridgehead atoms. The van der Waals surface area contributed by atoms with Crippen LogP contribution < -0.4 is 0 Å². The minimum absolute atomic E-state index is 0. The first-order valence-electron chi connectivity index (χ1n) is 3.28. The first-order chi connectivity index (χ1) is 4.97. The molecular weight excluding hydrogens is 204 g/mol. The van der Waals surface area contributed by atoms with Crippen LogP contribution in [0.25, 0.3) is 0 Å². The molecule has 2 aliphatic heterocycles. The molecule has 0 atom stereocenters. The number of rotatable bonds is 0. The Hall–Kier alpha value is -0.830. The van der Waals surface area contributed by atoms with Gasteiger partial charge in [0.1, 0.15) is 6.67 Å². The van der Waals surface area contributed by atoms with Crippen LogP contribution in [0.4, 0.5) is 0 Å². The largest absolute Gasteiger partial charge is 0.327 e. The minimum atomic E-state index is 0. The lowest BCUT2D eigenvalue weighted by atomic mass is 10.4. The van der Waals surface area contributed by atoms with Crippen molar-refractivity contribution in [2.75, 3.05) is 6.67 Å². The van der Waals surface area contributed by atoms with E-state index in [0.717, 1.165) is 6.67 Å². The Morgan fingerprint density at radius 1 is 1.27 bits per heavy atom. The van der Waals surface area contributed by atoms with Crippen molar-refractivity contribution in [2.45, 2.75) is 0 Å². The zero-order chi connectivity index (χ0) is 6.81. The van der Waals surface area contributed by atoms with E-state index in [9.17, 15) is 0 Å². The van der Waals surface area contributed by atoms with Crippen LogP contribution >= 0.6 is 17.0 Å². The van der Waals surface area contributed by atoms with E-state index in [1.807, 2.05) is 30.6 Å². The smallest absolute Gasteiger partial charge is 0.114 e. The van der Waals surface area contributed by atoms with Crippen LogP contribution in [0.2, 0.25) is 0 Å². The molecule has 0 aromatic rings. The molecule has 0 radical (unpaired) electrons. The van der Waals surface area contributed by atoms with Crippen molar-refractivity contribution >= 4 is 23.2 Å². The molecule has 0 aliphatic carbocycles. The van der Waals surface area contributed by atoms with Gasteiger partial charge < -0.3 is 4.90 Å². The van der Waals surface area contributed by atoms with Crippen molar-refractivity contribution < 1.29 is 0 Å². The maximum atomic E-state index is 4.12. The Morgan fingerprint density at radius 2 is 2.18 bits per heavy atom. The number of hydrogen-bond donors (Lipinski definition) is 0. The van der Waals surface area contributed by atoms with E-state index < -0.39 is 0 Å². The Labute approximate surface area is 76.4 Å². The molecule has 0 saturated heterocycles. The van der Waals surface area contributed by atoms with E-state index in [2.05, 4.69) is 16.0 Å². The third-order valence-corrected chi connectivity index (χ3v) is 1.54. The van der Waals surface area contributed by atoms with Crippen molar-refractivity contribution in [2.24, 2.45) is 4.99 Å². The molecule has 0 spiro atoms. The summed E-state index contributed by atoms with van der Waals surface area (Å²) in [5.74, 6) is 0. The molecule has 58 valence electrons. The summed E-state index contributed by atoms with van der Waals surface area (Å²) in [7, 11) is 0. The molecular formula is C8H9BrN2. The topological polar surface area (TPSA) is 15.6 Å². The lowest BCUT2D eigenvalue weighted by Gasteiger charge is -2.09. The van der Waals surface area contributed by atoms with Crippen LogP contribution in [0, 0.1) is 0 Å². The third-order valence-electron chi connectivity index (χ3n) is 1.54. The van der Waals surface area contributed by atoms with Gasteiger partial charge in [-0.2, -0.15) is 0 Å². The Balaban J connectivity index is 0.000000605. The number of fused-ring (bicyclic) bond motifs is 1. The summed E-state index contributed by atoms with van der Waals surface area (Å²) < 4.78 is 0. The van der Waals surface area contributed by atoms with Gasteiger partial charge in [-0.3, -0.25) is 4.99 Å². The molecule has 0 amide bonds. The number of halogens is 1. The monoisotopic (exact) mass is 212 g/mol. The highest BCUT2D eigenvalue weighted by atomic mass is 79.9. The van der Waals surface area contributed by atoms with Gasteiger partial charge in [-0.1, -0.05) is 12.2 Å².